The molecule has 78 valence electrons. The first-order chi connectivity index (χ1) is 7.06. The number of aryl methyl sites for hydroxylation is 1. The molecule has 2 nitrogen and oxygen atoms in total. The molecule has 0 fully saturated rings. The lowest BCUT2D eigenvalue weighted by Gasteiger charge is -2.09. The molecule has 0 bridgehead atoms. The Morgan fingerprint density at radius 3 is 2.73 bits per heavy atom. The molecule has 0 saturated carbocycles. The molecule has 0 heterocycles. The second kappa shape index (κ2) is 4.60. The smallest absolute Gasteiger partial charge is 0.331 e. The van der Waals surface area contributed by atoms with Gasteiger partial charge in [0, 0.05) is 12.0 Å². The normalized spacial score (nSPS) is 9.67. The van der Waals surface area contributed by atoms with Crippen molar-refractivity contribution >= 4 is 12.0 Å². The average Bonchev–Trinajstić information content (AvgIpc) is 2.20. The molecule has 0 unspecified atom stereocenters. The summed E-state index contributed by atoms with van der Waals surface area (Å²) in [7, 11) is 0. The van der Waals surface area contributed by atoms with Gasteiger partial charge in [-0.1, -0.05) is 37.4 Å². The van der Waals surface area contributed by atoms with Crippen LogP contribution in [0.5, 0.6) is 0 Å². The highest BCUT2D eigenvalue weighted by atomic mass is 16.4. The van der Waals surface area contributed by atoms with Crippen LogP contribution in [0.3, 0.4) is 0 Å². The summed E-state index contributed by atoms with van der Waals surface area (Å²) >= 11 is 0. The Hall–Kier alpha value is -1.83. The summed E-state index contributed by atoms with van der Waals surface area (Å²) in [6.07, 6.45) is 2.10. The summed E-state index contributed by atoms with van der Waals surface area (Å²) in [5, 5.41) is 8.77. The van der Waals surface area contributed by atoms with Crippen LogP contribution in [0.25, 0.3) is 6.08 Å². The quantitative estimate of drug-likeness (QED) is 0.762. The first kappa shape index (κ1) is 11.2. The van der Waals surface area contributed by atoms with E-state index in [1.807, 2.05) is 25.1 Å². The molecule has 15 heavy (non-hydrogen) atoms. The summed E-state index contributed by atoms with van der Waals surface area (Å²) in [5.74, 6) is -0.951. The molecule has 0 aromatic heterocycles. The second-order valence-corrected chi connectivity index (χ2v) is 3.43. The van der Waals surface area contributed by atoms with Crippen LogP contribution < -0.4 is 0 Å². The molecular formula is C13H14O2. The molecule has 1 rings (SSSR count). The minimum Gasteiger partial charge on any atom is -0.478 e. The highest BCUT2D eigenvalue weighted by Gasteiger charge is 2.09. The summed E-state index contributed by atoms with van der Waals surface area (Å²) < 4.78 is 0. The number of hydrogen-bond donors (Lipinski definition) is 1. The topological polar surface area (TPSA) is 37.3 Å². The van der Waals surface area contributed by atoms with Crippen molar-refractivity contribution in [1.82, 2.24) is 0 Å². The predicted octanol–water partition coefficient (Wildman–Crippen LogP) is 2.82. The lowest BCUT2D eigenvalue weighted by atomic mass is 9.96. The third-order valence-corrected chi connectivity index (χ3v) is 2.36. The zero-order valence-corrected chi connectivity index (χ0v) is 8.79. The minimum atomic E-state index is -0.951. The number of hydrogen-bond acceptors (Lipinski definition) is 1. The Balaban J connectivity index is 3.07. The van der Waals surface area contributed by atoms with E-state index in [0.717, 1.165) is 16.7 Å². The number of carbonyl (C=O) groups is 1. The summed E-state index contributed by atoms with van der Waals surface area (Å²) in [6, 6.07) is 5.81. The van der Waals surface area contributed by atoms with Crippen LogP contribution in [0, 0.1) is 6.92 Å². The van der Waals surface area contributed by atoms with Crippen LogP contribution in [0.1, 0.15) is 16.7 Å². The Morgan fingerprint density at radius 1 is 1.53 bits per heavy atom. The Morgan fingerprint density at radius 2 is 2.20 bits per heavy atom. The molecule has 0 aliphatic carbocycles. The van der Waals surface area contributed by atoms with Gasteiger partial charge in [-0.2, -0.15) is 0 Å². The van der Waals surface area contributed by atoms with E-state index in [1.165, 1.54) is 0 Å². The lowest BCUT2D eigenvalue weighted by Crippen LogP contribution is -2.04. The van der Waals surface area contributed by atoms with Gasteiger partial charge in [-0.25, -0.2) is 4.79 Å². The van der Waals surface area contributed by atoms with E-state index >= 15 is 0 Å². The third kappa shape index (κ3) is 2.56. The molecule has 2 heteroatoms. The molecular weight excluding hydrogens is 188 g/mol. The molecule has 0 amide bonds. The molecule has 0 aliphatic heterocycles. The van der Waals surface area contributed by atoms with Crippen LogP contribution in [-0.4, -0.2) is 11.1 Å². The van der Waals surface area contributed by atoms with Gasteiger partial charge < -0.3 is 5.11 Å². The molecule has 1 aromatic rings. The van der Waals surface area contributed by atoms with Crippen molar-refractivity contribution in [2.45, 2.75) is 13.3 Å². The van der Waals surface area contributed by atoms with E-state index in [2.05, 4.69) is 13.2 Å². The summed E-state index contributed by atoms with van der Waals surface area (Å²) in [6.45, 7) is 9.20. The van der Waals surface area contributed by atoms with Crippen LogP contribution >= 0.6 is 0 Å². The Kier molecular flexibility index (Phi) is 3.45. The fourth-order valence-electron chi connectivity index (χ4n) is 1.45. The number of aliphatic carboxylic acids is 1. The monoisotopic (exact) mass is 202 g/mol. The predicted molar refractivity (Wildman–Crippen MR) is 61.7 cm³/mol. The van der Waals surface area contributed by atoms with Gasteiger partial charge in [-0.05, 0) is 23.6 Å². The summed E-state index contributed by atoms with van der Waals surface area (Å²) in [5.41, 5.74) is 3.22. The van der Waals surface area contributed by atoms with Gasteiger partial charge in [0.2, 0.25) is 0 Å². The van der Waals surface area contributed by atoms with Crippen LogP contribution in [0.2, 0.25) is 0 Å². The molecule has 1 aromatic carbocycles. The maximum atomic E-state index is 10.7. The van der Waals surface area contributed by atoms with Gasteiger partial charge in [0.1, 0.15) is 0 Å². The van der Waals surface area contributed by atoms with Crippen molar-refractivity contribution in [2.24, 2.45) is 0 Å². The number of carboxylic acids is 1. The van der Waals surface area contributed by atoms with Crippen molar-refractivity contribution in [3.05, 3.63) is 53.6 Å². The van der Waals surface area contributed by atoms with Crippen LogP contribution in [0.15, 0.2) is 36.9 Å². The maximum Gasteiger partial charge on any atom is 0.331 e. The maximum absolute atomic E-state index is 10.7. The molecule has 1 N–H and O–H groups in total. The van der Waals surface area contributed by atoms with Crippen molar-refractivity contribution in [3.63, 3.8) is 0 Å². The minimum absolute atomic E-state index is 0.201. The summed E-state index contributed by atoms with van der Waals surface area (Å²) in [4.78, 5) is 10.7. The number of carboxylic acid groups (broad SMARTS) is 1. The number of benzene rings is 1. The van der Waals surface area contributed by atoms with Gasteiger partial charge in [-0.15, -0.1) is 0 Å². The second-order valence-electron chi connectivity index (χ2n) is 3.43. The van der Waals surface area contributed by atoms with Crippen molar-refractivity contribution in [1.29, 1.82) is 0 Å². The highest BCUT2D eigenvalue weighted by Crippen LogP contribution is 2.18. The standard InChI is InChI=1S/C13H14O2/c1-4-11-7-5-6-9(2)12(11)8-10(3)13(14)15/h4-7H,1,3,8H2,2H3,(H,14,15). The van der Waals surface area contributed by atoms with Gasteiger partial charge in [0.05, 0.1) is 0 Å². The first-order valence-electron chi connectivity index (χ1n) is 4.68. The lowest BCUT2D eigenvalue weighted by molar-refractivity contribution is -0.132. The van der Waals surface area contributed by atoms with E-state index in [-0.39, 0.29) is 5.57 Å². The first-order valence-corrected chi connectivity index (χ1v) is 4.68. The average molecular weight is 202 g/mol. The zero-order valence-electron chi connectivity index (χ0n) is 8.79. The Bertz CT molecular complexity index is 417. The van der Waals surface area contributed by atoms with Crippen molar-refractivity contribution < 1.29 is 9.90 Å². The van der Waals surface area contributed by atoms with Gasteiger partial charge in [0.25, 0.3) is 0 Å². The van der Waals surface area contributed by atoms with Gasteiger partial charge in [-0.3, -0.25) is 0 Å². The van der Waals surface area contributed by atoms with E-state index in [0.29, 0.717) is 6.42 Å². The third-order valence-electron chi connectivity index (χ3n) is 2.36. The Labute approximate surface area is 89.6 Å². The van der Waals surface area contributed by atoms with E-state index in [4.69, 9.17) is 5.11 Å². The van der Waals surface area contributed by atoms with E-state index in [1.54, 1.807) is 6.08 Å². The van der Waals surface area contributed by atoms with Crippen LogP contribution in [0.4, 0.5) is 0 Å². The van der Waals surface area contributed by atoms with E-state index in [9.17, 15) is 4.79 Å². The molecule has 0 saturated heterocycles. The largest absolute Gasteiger partial charge is 0.478 e. The van der Waals surface area contributed by atoms with E-state index < -0.39 is 5.97 Å². The number of rotatable bonds is 4. The van der Waals surface area contributed by atoms with Crippen molar-refractivity contribution in [3.8, 4) is 0 Å². The van der Waals surface area contributed by atoms with Gasteiger partial charge in [0.15, 0.2) is 0 Å². The SMILES string of the molecule is C=Cc1cccc(C)c1CC(=C)C(=O)O. The van der Waals surface area contributed by atoms with Crippen LogP contribution in [-0.2, 0) is 11.2 Å². The molecule has 0 atom stereocenters. The molecule has 0 spiro atoms. The fraction of sp³-hybridized carbons (Fsp3) is 0.154. The molecule has 0 aliphatic rings. The van der Waals surface area contributed by atoms with Crippen molar-refractivity contribution in [2.75, 3.05) is 0 Å². The van der Waals surface area contributed by atoms with Gasteiger partial charge >= 0.3 is 5.97 Å². The zero-order chi connectivity index (χ0) is 11.4. The molecule has 0 radical (unpaired) electrons. The fourth-order valence-corrected chi connectivity index (χ4v) is 1.45. The highest BCUT2D eigenvalue weighted by molar-refractivity contribution is 5.86.